The van der Waals surface area contributed by atoms with Crippen LogP contribution in [0.1, 0.15) is 11.1 Å². The van der Waals surface area contributed by atoms with E-state index in [1.54, 1.807) is 31.3 Å². The first-order valence-corrected chi connectivity index (χ1v) is 11.1. The van der Waals surface area contributed by atoms with Gasteiger partial charge in [0.1, 0.15) is 12.4 Å². The van der Waals surface area contributed by atoms with Crippen molar-refractivity contribution in [2.45, 2.75) is 18.3 Å². The summed E-state index contributed by atoms with van der Waals surface area (Å²) in [6.45, 7) is 0.365. The third-order valence-electron chi connectivity index (χ3n) is 5.17. The fourth-order valence-corrected chi connectivity index (χ4v) is 4.94. The molecule has 2 aromatic rings. The molecule has 160 valence electrons. The highest BCUT2D eigenvalue weighted by Crippen LogP contribution is 2.29. The van der Waals surface area contributed by atoms with E-state index in [4.69, 9.17) is 23.2 Å². The number of aliphatic imine (C=N–C) groups is 1. The molecule has 4 rings (SSSR count). The van der Waals surface area contributed by atoms with E-state index in [1.807, 2.05) is 16.7 Å². The van der Waals surface area contributed by atoms with Crippen LogP contribution in [0.4, 0.5) is 9.18 Å². The van der Waals surface area contributed by atoms with Gasteiger partial charge in [0.2, 0.25) is 0 Å². The quantitative estimate of drug-likeness (QED) is 0.616. The smallest absolute Gasteiger partial charge is 0.269 e. The lowest BCUT2D eigenvalue weighted by atomic mass is 10.1. The van der Waals surface area contributed by atoms with Crippen molar-refractivity contribution >= 4 is 57.9 Å². The van der Waals surface area contributed by atoms with E-state index in [-0.39, 0.29) is 11.7 Å². The SMILES string of the molecule is CN1C(=O)C2C(=NC(SCc3c(F)cccc3Cl)=[N+]2Cc2ccc(Cl)cc2)N(C)C1=O. The number of urea groups is 1. The van der Waals surface area contributed by atoms with Crippen molar-refractivity contribution in [2.75, 3.05) is 14.1 Å². The lowest BCUT2D eigenvalue weighted by molar-refractivity contribution is -0.548. The van der Waals surface area contributed by atoms with Crippen molar-refractivity contribution in [2.24, 2.45) is 4.99 Å². The van der Waals surface area contributed by atoms with E-state index >= 15 is 0 Å². The third kappa shape index (κ3) is 4.07. The van der Waals surface area contributed by atoms with E-state index in [0.29, 0.717) is 33.2 Å². The minimum Gasteiger partial charge on any atom is -0.269 e. The number of carbonyl (C=O) groups is 2. The summed E-state index contributed by atoms with van der Waals surface area (Å²) in [6, 6.07) is 10.6. The molecule has 0 radical (unpaired) electrons. The van der Waals surface area contributed by atoms with Crippen molar-refractivity contribution in [1.82, 2.24) is 9.80 Å². The number of hydrogen-bond acceptors (Lipinski definition) is 4. The average Bonchev–Trinajstić information content (AvgIpc) is 3.10. The summed E-state index contributed by atoms with van der Waals surface area (Å²) >= 11 is 13.4. The lowest BCUT2D eigenvalue weighted by Crippen LogP contribution is -2.61. The van der Waals surface area contributed by atoms with Crippen LogP contribution < -0.4 is 0 Å². The second-order valence-corrected chi connectivity index (χ2v) is 8.92. The van der Waals surface area contributed by atoms with E-state index in [9.17, 15) is 14.0 Å². The number of hydrogen-bond donors (Lipinski definition) is 0. The summed E-state index contributed by atoms with van der Waals surface area (Å²) in [5.74, 6) is -0.195. The molecule has 0 N–H and O–H groups in total. The third-order valence-corrected chi connectivity index (χ3v) is 6.79. The first-order chi connectivity index (χ1) is 14.8. The molecule has 1 unspecified atom stereocenters. The van der Waals surface area contributed by atoms with Crippen molar-refractivity contribution < 1.29 is 18.6 Å². The Morgan fingerprint density at radius 3 is 2.48 bits per heavy atom. The number of benzene rings is 2. The first kappa shape index (κ1) is 21.8. The van der Waals surface area contributed by atoms with Gasteiger partial charge in [-0.15, -0.1) is 0 Å². The molecule has 0 bridgehead atoms. The number of rotatable bonds is 4. The summed E-state index contributed by atoms with van der Waals surface area (Å²) in [6.07, 6.45) is 0. The standard InChI is InChI=1S/C21H18Cl2FN4O2S/c1-26-18-17(19(29)27(2)21(26)30)28(10-12-6-8-13(22)9-7-12)20(25-18)31-11-14-15(23)4-3-5-16(14)24/h3-9,17H,10-11H2,1-2H3/q+1. The molecule has 2 aliphatic rings. The number of amidine groups is 2. The molecule has 6 nitrogen and oxygen atoms in total. The van der Waals surface area contributed by atoms with Gasteiger partial charge in [-0.05, 0) is 46.6 Å². The number of nitrogens with zero attached hydrogens (tertiary/aromatic N) is 4. The van der Waals surface area contributed by atoms with Crippen LogP contribution >= 0.6 is 35.0 Å². The molecule has 2 heterocycles. The van der Waals surface area contributed by atoms with Crippen LogP contribution in [-0.4, -0.2) is 57.5 Å². The summed E-state index contributed by atoms with van der Waals surface area (Å²) in [7, 11) is 3.03. The van der Waals surface area contributed by atoms with Crippen LogP contribution in [0.25, 0.3) is 0 Å². The Morgan fingerprint density at radius 1 is 1.10 bits per heavy atom. The molecule has 0 spiro atoms. The highest BCUT2D eigenvalue weighted by Gasteiger charge is 2.53. The average molecular weight is 480 g/mol. The number of carbonyl (C=O) groups excluding carboxylic acids is 2. The Morgan fingerprint density at radius 2 is 1.81 bits per heavy atom. The summed E-state index contributed by atoms with van der Waals surface area (Å²) in [5.41, 5.74) is 1.27. The summed E-state index contributed by atoms with van der Waals surface area (Å²) in [4.78, 5) is 32.4. The number of likely N-dealkylation sites (N-methyl/N-ethyl adjacent to an activating group) is 2. The number of thioether (sulfide) groups is 1. The van der Waals surface area contributed by atoms with Crippen LogP contribution in [0.15, 0.2) is 47.5 Å². The molecule has 1 atom stereocenters. The summed E-state index contributed by atoms with van der Waals surface area (Å²) in [5, 5.41) is 1.44. The molecule has 0 aromatic heterocycles. The molecule has 31 heavy (non-hydrogen) atoms. The topological polar surface area (TPSA) is 56.0 Å². The predicted octanol–water partition coefficient (Wildman–Crippen LogP) is 4.24. The van der Waals surface area contributed by atoms with Crippen molar-refractivity contribution in [1.29, 1.82) is 0 Å². The zero-order chi connectivity index (χ0) is 22.3. The molecule has 0 aliphatic carbocycles. The van der Waals surface area contributed by atoms with E-state index < -0.39 is 17.9 Å². The normalized spacial score (nSPS) is 18.6. The van der Waals surface area contributed by atoms with Crippen LogP contribution in [0.5, 0.6) is 0 Å². The second-order valence-electron chi connectivity index (χ2n) is 7.14. The lowest BCUT2D eigenvalue weighted by Gasteiger charge is -2.30. The number of fused-ring (bicyclic) bond motifs is 1. The Balaban J connectivity index is 1.71. The Hall–Kier alpha value is -2.42. The van der Waals surface area contributed by atoms with Crippen LogP contribution in [0.3, 0.4) is 0 Å². The molecular formula is C21H18Cl2FN4O2S+. The van der Waals surface area contributed by atoms with Crippen molar-refractivity contribution in [3.8, 4) is 0 Å². The molecule has 1 saturated heterocycles. The molecule has 3 amide bonds. The van der Waals surface area contributed by atoms with Crippen LogP contribution in [0.2, 0.25) is 10.0 Å². The van der Waals surface area contributed by atoms with E-state index in [1.165, 1.54) is 29.8 Å². The van der Waals surface area contributed by atoms with Gasteiger partial charge in [0.15, 0.2) is 0 Å². The monoisotopic (exact) mass is 479 g/mol. The highest BCUT2D eigenvalue weighted by atomic mass is 35.5. The van der Waals surface area contributed by atoms with E-state index in [2.05, 4.69) is 4.99 Å². The molecule has 2 aliphatic heterocycles. The van der Waals surface area contributed by atoms with Gasteiger partial charge >= 0.3 is 11.2 Å². The first-order valence-electron chi connectivity index (χ1n) is 9.35. The number of halogens is 3. The molecule has 1 fully saturated rings. The van der Waals surface area contributed by atoms with Crippen molar-refractivity contribution in [3.63, 3.8) is 0 Å². The Kier molecular flexibility index (Phi) is 6.05. The van der Waals surface area contributed by atoms with Crippen LogP contribution in [0, 0.1) is 5.82 Å². The fourth-order valence-electron chi connectivity index (χ4n) is 3.44. The van der Waals surface area contributed by atoms with Crippen LogP contribution in [-0.2, 0) is 17.1 Å². The largest absolute Gasteiger partial charge is 0.358 e. The molecule has 2 aromatic carbocycles. The van der Waals surface area contributed by atoms with Crippen molar-refractivity contribution in [3.05, 3.63) is 69.5 Å². The maximum Gasteiger partial charge on any atom is 0.358 e. The minimum absolute atomic E-state index is 0.225. The minimum atomic E-state index is -0.748. The van der Waals surface area contributed by atoms with Gasteiger partial charge in [-0.25, -0.2) is 13.8 Å². The second kappa shape index (κ2) is 8.61. The van der Waals surface area contributed by atoms with Gasteiger partial charge in [0, 0.05) is 35.5 Å². The highest BCUT2D eigenvalue weighted by molar-refractivity contribution is 8.13. The molecule has 0 saturated carbocycles. The predicted molar refractivity (Wildman–Crippen MR) is 120 cm³/mol. The zero-order valence-electron chi connectivity index (χ0n) is 16.7. The Bertz CT molecular complexity index is 1120. The fraction of sp³-hybridized carbons (Fsp3) is 0.238. The van der Waals surface area contributed by atoms with Gasteiger partial charge in [-0.3, -0.25) is 14.6 Å². The number of amides is 3. The Labute approximate surface area is 192 Å². The van der Waals surface area contributed by atoms with Gasteiger partial charge in [-0.2, -0.15) is 0 Å². The maximum atomic E-state index is 14.2. The van der Waals surface area contributed by atoms with Gasteiger partial charge < -0.3 is 0 Å². The summed E-state index contributed by atoms with van der Waals surface area (Å²) < 4.78 is 16.1. The van der Waals surface area contributed by atoms with Gasteiger partial charge in [0.05, 0.1) is 0 Å². The zero-order valence-corrected chi connectivity index (χ0v) is 19.0. The van der Waals surface area contributed by atoms with E-state index in [0.717, 1.165) is 10.5 Å². The molecular weight excluding hydrogens is 462 g/mol. The molecule has 10 heteroatoms. The number of imide groups is 1. The van der Waals surface area contributed by atoms with Gasteiger partial charge in [-0.1, -0.05) is 41.4 Å². The van der Waals surface area contributed by atoms with Gasteiger partial charge in [0.25, 0.3) is 17.8 Å². The maximum absolute atomic E-state index is 14.2.